The second-order valence-electron chi connectivity index (χ2n) is 6.10. The van der Waals surface area contributed by atoms with Crippen LogP contribution in [0.4, 0.5) is 4.39 Å². The lowest BCUT2D eigenvalue weighted by molar-refractivity contribution is -0.135. The standard InChI is InChI=1S/C18H25FN2O2/c1-2-3-10-20-18(23)15-8-11-21(12-9-15)17(22)13-14-4-6-16(19)7-5-14/h4-7,15H,2-3,8-13H2,1H3,(H,20,23). The average Bonchev–Trinajstić information content (AvgIpc) is 2.57. The van der Waals surface area contributed by atoms with Gasteiger partial charge >= 0.3 is 0 Å². The predicted molar refractivity (Wildman–Crippen MR) is 87.3 cm³/mol. The number of hydrogen-bond donors (Lipinski definition) is 1. The molecule has 0 aliphatic carbocycles. The van der Waals surface area contributed by atoms with Gasteiger partial charge in [-0.2, -0.15) is 0 Å². The molecule has 0 radical (unpaired) electrons. The predicted octanol–water partition coefficient (Wildman–Crippen LogP) is 2.52. The largest absolute Gasteiger partial charge is 0.356 e. The van der Waals surface area contributed by atoms with Gasteiger partial charge in [0.15, 0.2) is 0 Å². The van der Waals surface area contributed by atoms with E-state index in [1.54, 1.807) is 17.0 Å². The van der Waals surface area contributed by atoms with Crippen molar-refractivity contribution in [1.29, 1.82) is 0 Å². The van der Waals surface area contributed by atoms with Gasteiger partial charge in [0.25, 0.3) is 0 Å². The molecule has 0 spiro atoms. The highest BCUT2D eigenvalue weighted by atomic mass is 19.1. The average molecular weight is 320 g/mol. The lowest BCUT2D eigenvalue weighted by Crippen LogP contribution is -2.43. The van der Waals surface area contributed by atoms with Crippen molar-refractivity contribution in [2.45, 2.75) is 39.0 Å². The van der Waals surface area contributed by atoms with E-state index in [1.165, 1.54) is 12.1 Å². The van der Waals surface area contributed by atoms with Crippen molar-refractivity contribution in [2.75, 3.05) is 19.6 Å². The van der Waals surface area contributed by atoms with Crippen LogP contribution in [-0.4, -0.2) is 36.3 Å². The molecular weight excluding hydrogens is 295 g/mol. The lowest BCUT2D eigenvalue weighted by Gasteiger charge is -2.31. The Hall–Kier alpha value is -1.91. The van der Waals surface area contributed by atoms with Gasteiger partial charge in [0, 0.05) is 25.6 Å². The van der Waals surface area contributed by atoms with E-state index in [1.807, 2.05) is 0 Å². The fraction of sp³-hybridized carbons (Fsp3) is 0.556. The van der Waals surface area contributed by atoms with Crippen molar-refractivity contribution in [3.63, 3.8) is 0 Å². The van der Waals surface area contributed by atoms with Gasteiger partial charge in [-0.1, -0.05) is 25.5 Å². The van der Waals surface area contributed by atoms with E-state index in [0.717, 1.165) is 24.9 Å². The zero-order valence-corrected chi connectivity index (χ0v) is 13.7. The Bertz CT molecular complexity index is 522. The first-order valence-electron chi connectivity index (χ1n) is 8.40. The van der Waals surface area contributed by atoms with Crippen molar-refractivity contribution in [3.8, 4) is 0 Å². The summed E-state index contributed by atoms with van der Waals surface area (Å²) in [5.74, 6) is -0.122. The Balaban J connectivity index is 1.76. The highest BCUT2D eigenvalue weighted by Gasteiger charge is 2.26. The van der Waals surface area contributed by atoms with Gasteiger partial charge in [-0.05, 0) is 37.0 Å². The maximum atomic E-state index is 12.9. The van der Waals surface area contributed by atoms with Crippen LogP contribution in [0.2, 0.25) is 0 Å². The van der Waals surface area contributed by atoms with Gasteiger partial charge in [0.2, 0.25) is 11.8 Å². The Kier molecular flexibility index (Phi) is 6.56. The minimum Gasteiger partial charge on any atom is -0.356 e. The first kappa shape index (κ1) is 17.4. The summed E-state index contributed by atoms with van der Waals surface area (Å²) in [6, 6.07) is 6.02. The van der Waals surface area contributed by atoms with Crippen LogP contribution in [0, 0.1) is 11.7 Å². The molecule has 23 heavy (non-hydrogen) atoms. The van der Waals surface area contributed by atoms with Crippen molar-refractivity contribution < 1.29 is 14.0 Å². The Morgan fingerprint density at radius 2 is 1.87 bits per heavy atom. The van der Waals surface area contributed by atoms with E-state index in [2.05, 4.69) is 12.2 Å². The van der Waals surface area contributed by atoms with Crippen molar-refractivity contribution in [3.05, 3.63) is 35.6 Å². The SMILES string of the molecule is CCCCNC(=O)C1CCN(C(=O)Cc2ccc(F)cc2)CC1. The topological polar surface area (TPSA) is 49.4 Å². The highest BCUT2D eigenvalue weighted by Crippen LogP contribution is 2.18. The van der Waals surface area contributed by atoms with Gasteiger partial charge in [0.1, 0.15) is 5.82 Å². The fourth-order valence-corrected chi connectivity index (χ4v) is 2.81. The van der Waals surface area contributed by atoms with Gasteiger partial charge in [-0.15, -0.1) is 0 Å². The minimum atomic E-state index is -0.295. The fourth-order valence-electron chi connectivity index (χ4n) is 2.81. The van der Waals surface area contributed by atoms with Gasteiger partial charge in [-0.3, -0.25) is 9.59 Å². The van der Waals surface area contributed by atoms with E-state index in [-0.39, 0.29) is 30.0 Å². The van der Waals surface area contributed by atoms with E-state index in [9.17, 15) is 14.0 Å². The van der Waals surface area contributed by atoms with Crippen LogP contribution in [0.1, 0.15) is 38.2 Å². The summed E-state index contributed by atoms with van der Waals surface area (Å²) in [5, 5.41) is 2.96. The molecule has 0 atom stereocenters. The third kappa shape index (κ3) is 5.34. The molecule has 1 heterocycles. The van der Waals surface area contributed by atoms with Gasteiger partial charge in [-0.25, -0.2) is 4.39 Å². The summed E-state index contributed by atoms with van der Waals surface area (Å²) in [5.41, 5.74) is 0.816. The molecule has 1 N–H and O–H groups in total. The maximum absolute atomic E-state index is 12.9. The van der Waals surface area contributed by atoms with Crippen LogP contribution in [0.3, 0.4) is 0 Å². The summed E-state index contributed by atoms with van der Waals surface area (Å²) >= 11 is 0. The zero-order chi connectivity index (χ0) is 16.7. The molecule has 4 nitrogen and oxygen atoms in total. The molecule has 0 aromatic heterocycles. The third-order valence-electron chi connectivity index (χ3n) is 4.32. The number of nitrogens with zero attached hydrogens (tertiary/aromatic N) is 1. The smallest absolute Gasteiger partial charge is 0.226 e. The highest BCUT2D eigenvalue weighted by molar-refractivity contribution is 5.81. The summed E-state index contributed by atoms with van der Waals surface area (Å²) in [7, 11) is 0. The Morgan fingerprint density at radius 3 is 2.48 bits per heavy atom. The molecule has 126 valence electrons. The Labute approximate surface area is 137 Å². The molecule has 1 saturated heterocycles. The van der Waals surface area contributed by atoms with E-state index in [0.29, 0.717) is 25.9 Å². The van der Waals surface area contributed by atoms with E-state index in [4.69, 9.17) is 0 Å². The van der Waals surface area contributed by atoms with Crippen LogP contribution in [0.15, 0.2) is 24.3 Å². The number of amides is 2. The number of piperidine rings is 1. The number of carbonyl (C=O) groups excluding carboxylic acids is 2. The second-order valence-corrected chi connectivity index (χ2v) is 6.10. The summed E-state index contributed by atoms with van der Waals surface area (Å²) < 4.78 is 12.9. The zero-order valence-electron chi connectivity index (χ0n) is 13.7. The molecule has 0 bridgehead atoms. The van der Waals surface area contributed by atoms with Gasteiger partial charge in [0.05, 0.1) is 6.42 Å². The number of likely N-dealkylation sites (tertiary alicyclic amines) is 1. The molecular formula is C18H25FN2O2. The molecule has 1 aliphatic rings. The molecule has 2 rings (SSSR count). The number of benzene rings is 1. The number of carbonyl (C=O) groups is 2. The summed E-state index contributed by atoms with van der Waals surface area (Å²) in [6.07, 6.45) is 3.78. The summed E-state index contributed by atoms with van der Waals surface area (Å²) in [4.78, 5) is 26.1. The first-order chi connectivity index (χ1) is 11.1. The van der Waals surface area contributed by atoms with Crippen LogP contribution >= 0.6 is 0 Å². The van der Waals surface area contributed by atoms with Crippen LogP contribution in [-0.2, 0) is 16.0 Å². The van der Waals surface area contributed by atoms with E-state index >= 15 is 0 Å². The number of rotatable bonds is 6. The molecule has 1 aliphatic heterocycles. The first-order valence-corrected chi connectivity index (χ1v) is 8.40. The molecule has 1 aromatic rings. The number of unbranched alkanes of at least 4 members (excludes halogenated alkanes) is 1. The Morgan fingerprint density at radius 1 is 1.22 bits per heavy atom. The van der Waals surface area contributed by atoms with Crippen LogP contribution in [0.5, 0.6) is 0 Å². The molecule has 0 unspecified atom stereocenters. The molecule has 1 aromatic carbocycles. The second kappa shape index (κ2) is 8.65. The minimum absolute atomic E-state index is 0.0155. The van der Waals surface area contributed by atoms with Gasteiger partial charge < -0.3 is 10.2 Å². The summed E-state index contributed by atoms with van der Waals surface area (Å²) in [6.45, 7) is 4.06. The lowest BCUT2D eigenvalue weighted by atomic mass is 9.95. The third-order valence-corrected chi connectivity index (χ3v) is 4.32. The normalized spacial score (nSPS) is 15.5. The molecule has 5 heteroatoms. The molecule has 2 amide bonds. The number of hydrogen-bond acceptors (Lipinski definition) is 2. The quantitative estimate of drug-likeness (QED) is 0.819. The number of nitrogens with one attached hydrogen (secondary N) is 1. The van der Waals surface area contributed by atoms with Crippen molar-refractivity contribution >= 4 is 11.8 Å². The van der Waals surface area contributed by atoms with Crippen LogP contribution < -0.4 is 5.32 Å². The maximum Gasteiger partial charge on any atom is 0.226 e. The number of halogens is 1. The van der Waals surface area contributed by atoms with Crippen molar-refractivity contribution in [2.24, 2.45) is 5.92 Å². The van der Waals surface area contributed by atoms with E-state index < -0.39 is 0 Å². The molecule has 1 fully saturated rings. The van der Waals surface area contributed by atoms with Crippen molar-refractivity contribution in [1.82, 2.24) is 10.2 Å². The molecule has 0 saturated carbocycles. The monoisotopic (exact) mass is 320 g/mol. The van der Waals surface area contributed by atoms with Crippen LogP contribution in [0.25, 0.3) is 0 Å².